The Morgan fingerprint density at radius 3 is 2.06 bits per heavy atom. The van der Waals surface area contributed by atoms with E-state index in [4.69, 9.17) is 0 Å². The summed E-state index contributed by atoms with van der Waals surface area (Å²) in [4.78, 5) is 0.381. The van der Waals surface area contributed by atoms with Crippen LogP contribution in [0.3, 0.4) is 0 Å². The summed E-state index contributed by atoms with van der Waals surface area (Å²) in [5.41, 5.74) is 0.981. The minimum absolute atomic E-state index is 0.381. The van der Waals surface area contributed by atoms with E-state index in [0.717, 1.165) is 6.04 Å². The molecule has 2 rings (SSSR count). The van der Waals surface area contributed by atoms with E-state index in [2.05, 4.69) is 51.7 Å². The normalized spacial score (nSPS) is 35.4. The molecule has 2 fully saturated rings. The van der Waals surface area contributed by atoms with Crippen LogP contribution in [0.15, 0.2) is 0 Å². The lowest BCUT2D eigenvalue weighted by molar-refractivity contribution is 0.0707. The number of hydrogen-bond donors (Lipinski definition) is 1. The summed E-state index contributed by atoms with van der Waals surface area (Å²) in [5, 5.41) is 3.93. The van der Waals surface area contributed by atoms with Gasteiger partial charge in [-0.15, -0.1) is 11.8 Å². The van der Waals surface area contributed by atoms with Crippen molar-refractivity contribution in [1.82, 2.24) is 5.32 Å². The monoisotopic (exact) mass is 241 g/mol. The molecule has 0 aromatic rings. The summed E-state index contributed by atoms with van der Waals surface area (Å²) in [5.74, 6) is 1.31. The third-order valence-electron chi connectivity index (χ3n) is 4.01. The van der Waals surface area contributed by atoms with E-state index < -0.39 is 0 Å². The molecule has 1 atom stereocenters. The first kappa shape index (κ1) is 12.8. The van der Waals surface area contributed by atoms with E-state index in [1.807, 2.05) is 0 Å². The van der Waals surface area contributed by atoms with E-state index in [9.17, 15) is 0 Å². The maximum absolute atomic E-state index is 3.93. The van der Waals surface area contributed by atoms with Gasteiger partial charge < -0.3 is 0 Å². The summed E-state index contributed by atoms with van der Waals surface area (Å²) in [6.45, 7) is 12.1. The Balaban J connectivity index is 2.16. The second kappa shape index (κ2) is 3.91. The molecule has 1 spiro atoms. The molecule has 0 amide bonds. The van der Waals surface area contributed by atoms with Gasteiger partial charge >= 0.3 is 0 Å². The van der Waals surface area contributed by atoms with Crippen LogP contribution in [0.5, 0.6) is 0 Å². The SMILES string of the molecule is CCC1CSC2(CC(C)(C)CC(C)(C)C2)N1. The maximum atomic E-state index is 3.93. The van der Waals surface area contributed by atoms with Crippen molar-refractivity contribution in [2.45, 2.75) is 71.2 Å². The summed E-state index contributed by atoms with van der Waals surface area (Å²) in [7, 11) is 0. The van der Waals surface area contributed by atoms with Gasteiger partial charge in [0.05, 0.1) is 4.87 Å². The van der Waals surface area contributed by atoms with Crippen LogP contribution < -0.4 is 5.32 Å². The quantitative estimate of drug-likeness (QED) is 0.744. The van der Waals surface area contributed by atoms with E-state index in [1.165, 1.54) is 31.4 Å². The molecule has 94 valence electrons. The Kier molecular flexibility index (Phi) is 3.12. The maximum Gasteiger partial charge on any atom is 0.0658 e. The van der Waals surface area contributed by atoms with E-state index in [-0.39, 0.29) is 0 Å². The summed E-state index contributed by atoms with van der Waals surface area (Å²) < 4.78 is 0. The van der Waals surface area contributed by atoms with E-state index >= 15 is 0 Å². The lowest BCUT2D eigenvalue weighted by atomic mass is 9.63. The Hall–Kier alpha value is 0.310. The number of hydrogen-bond acceptors (Lipinski definition) is 2. The van der Waals surface area contributed by atoms with Crippen LogP contribution in [-0.4, -0.2) is 16.7 Å². The lowest BCUT2D eigenvalue weighted by Crippen LogP contribution is -2.51. The predicted octanol–water partition coefficient (Wildman–Crippen LogP) is 4.03. The van der Waals surface area contributed by atoms with Gasteiger partial charge in [-0.1, -0.05) is 34.6 Å². The average molecular weight is 241 g/mol. The largest absolute Gasteiger partial charge is 0.299 e. The molecule has 1 saturated heterocycles. The molecular weight excluding hydrogens is 214 g/mol. The van der Waals surface area contributed by atoms with Crippen molar-refractivity contribution in [3.8, 4) is 0 Å². The molecule has 2 aliphatic rings. The smallest absolute Gasteiger partial charge is 0.0658 e. The highest BCUT2D eigenvalue weighted by atomic mass is 32.2. The molecule has 1 aliphatic carbocycles. The van der Waals surface area contributed by atoms with Crippen molar-refractivity contribution in [3.63, 3.8) is 0 Å². The van der Waals surface area contributed by atoms with Crippen LogP contribution in [0.2, 0.25) is 0 Å². The number of rotatable bonds is 1. The second-order valence-corrected chi connectivity index (χ2v) is 8.82. The number of nitrogens with one attached hydrogen (secondary N) is 1. The third kappa shape index (κ3) is 2.59. The first-order valence-corrected chi connectivity index (χ1v) is 7.66. The van der Waals surface area contributed by atoms with Gasteiger partial charge in [-0.2, -0.15) is 0 Å². The highest BCUT2D eigenvalue weighted by Crippen LogP contribution is 2.55. The Morgan fingerprint density at radius 1 is 1.06 bits per heavy atom. The van der Waals surface area contributed by atoms with Gasteiger partial charge in [-0.05, 0) is 36.5 Å². The summed E-state index contributed by atoms with van der Waals surface area (Å²) in [6, 6.07) is 0.745. The predicted molar refractivity (Wildman–Crippen MR) is 73.8 cm³/mol. The first-order valence-electron chi connectivity index (χ1n) is 6.68. The van der Waals surface area contributed by atoms with Crippen LogP contribution in [0, 0.1) is 10.8 Å². The van der Waals surface area contributed by atoms with Crippen molar-refractivity contribution >= 4 is 11.8 Å². The molecule has 1 aliphatic heterocycles. The molecule has 0 aromatic heterocycles. The van der Waals surface area contributed by atoms with Gasteiger partial charge in [0.2, 0.25) is 0 Å². The fraction of sp³-hybridized carbons (Fsp3) is 1.00. The first-order chi connectivity index (χ1) is 7.26. The molecule has 1 nitrogen and oxygen atoms in total. The van der Waals surface area contributed by atoms with E-state index in [1.54, 1.807) is 0 Å². The Bertz CT molecular complexity index is 254. The third-order valence-corrected chi connectivity index (χ3v) is 5.53. The molecular formula is C14H27NS. The van der Waals surface area contributed by atoms with Crippen molar-refractivity contribution in [2.75, 3.05) is 5.75 Å². The van der Waals surface area contributed by atoms with Crippen molar-refractivity contribution in [3.05, 3.63) is 0 Å². The zero-order valence-corrected chi connectivity index (χ0v) is 12.3. The second-order valence-electron chi connectivity index (χ2n) is 7.41. The number of thioether (sulfide) groups is 1. The average Bonchev–Trinajstić information content (AvgIpc) is 2.41. The molecule has 1 heterocycles. The van der Waals surface area contributed by atoms with Crippen LogP contribution in [-0.2, 0) is 0 Å². The van der Waals surface area contributed by atoms with Gasteiger partial charge in [0.1, 0.15) is 0 Å². The van der Waals surface area contributed by atoms with Gasteiger partial charge in [-0.3, -0.25) is 5.32 Å². The van der Waals surface area contributed by atoms with Gasteiger partial charge in [0.15, 0.2) is 0 Å². The fourth-order valence-corrected chi connectivity index (χ4v) is 6.24. The molecule has 1 unspecified atom stereocenters. The van der Waals surface area contributed by atoms with Gasteiger partial charge in [0, 0.05) is 11.8 Å². The van der Waals surface area contributed by atoms with Crippen LogP contribution >= 0.6 is 11.8 Å². The van der Waals surface area contributed by atoms with Crippen LogP contribution in [0.4, 0.5) is 0 Å². The molecule has 0 radical (unpaired) electrons. The lowest BCUT2D eigenvalue weighted by Gasteiger charge is -2.50. The Morgan fingerprint density at radius 2 is 1.62 bits per heavy atom. The van der Waals surface area contributed by atoms with Gasteiger partial charge in [-0.25, -0.2) is 0 Å². The topological polar surface area (TPSA) is 12.0 Å². The molecule has 2 heteroatoms. The van der Waals surface area contributed by atoms with Crippen molar-refractivity contribution in [2.24, 2.45) is 10.8 Å². The minimum Gasteiger partial charge on any atom is -0.299 e. The molecule has 1 saturated carbocycles. The molecule has 0 bridgehead atoms. The van der Waals surface area contributed by atoms with Crippen molar-refractivity contribution in [1.29, 1.82) is 0 Å². The highest BCUT2D eigenvalue weighted by Gasteiger charge is 2.50. The summed E-state index contributed by atoms with van der Waals surface area (Å²) >= 11 is 2.19. The van der Waals surface area contributed by atoms with E-state index in [0.29, 0.717) is 15.7 Å². The van der Waals surface area contributed by atoms with Crippen molar-refractivity contribution < 1.29 is 0 Å². The standard InChI is InChI=1S/C14H27NS/c1-6-11-7-16-14(15-11)9-12(2,3)8-13(4,5)10-14/h11,15H,6-10H2,1-5H3. The highest BCUT2D eigenvalue weighted by molar-refractivity contribution is 8.00. The zero-order valence-electron chi connectivity index (χ0n) is 11.5. The molecule has 1 N–H and O–H groups in total. The zero-order chi connectivity index (χ0) is 12.0. The Labute approximate surface area is 105 Å². The van der Waals surface area contributed by atoms with Crippen LogP contribution in [0.1, 0.15) is 60.3 Å². The fourth-order valence-electron chi connectivity index (χ4n) is 4.17. The minimum atomic E-state index is 0.381. The van der Waals surface area contributed by atoms with Crippen LogP contribution in [0.25, 0.3) is 0 Å². The van der Waals surface area contributed by atoms with Gasteiger partial charge in [0.25, 0.3) is 0 Å². The molecule has 16 heavy (non-hydrogen) atoms. The summed E-state index contributed by atoms with van der Waals surface area (Å²) in [6.07, 6.45) is 5.31. The molecule has 0 aromatic carbocycles.